The first-order valence-electron chi connectivity index (χ1n) is 8.75. The van der Waals surface area contributed by atoms with Gasteiger partial charge in [0.05, 0.1) is 4.90 Å². The summed E-state index contributed by atoms with van der Waals surface area (Å²) in [6, 6.07) is 12.7. The standard InChI is InChI=1S/C20H25FN2O3S/c1-15-4-10-19(11-5-15)27(25,26)23(3)13-12-22-20(24)16(2)14-17-6-8-18(21)9-7-17/h4-11,16H,12-14H2,1-3H3,(H,22,24). The second-order valence-corrected chi connectivity index (χ2v) is 8.71. The Bertz CT molecular complexity index is 865. The number of sulfonamides is 1. The Morgan fingerprint density at radius 3 is 2.30 bits per heavy atom. The number of aryl methyl sites for hydroxylation is 1. The number of likely N-dealkylation sites (N-methyl/N-ethyl adjacent to an activating group) is 1. The fraction of sp³-hybridized carbons (Fsp3) is 0.350. The van der Waals surface area contributed by atoms with Crippen LogP contribution in [0.15, 0.2) is 53.4 Å². The minimum Gasteiger partial charge on any atom is -0.355 e. The number of carbonyl (C=O) groups excluding carboxylic acids is 1. The molecule has 1 unspecified atom stereocenters. The quantitative estimate of drug-likeness (QED) is 0.751. The smallest absolute Gasteiger partial charge is 0.242 e. The van der Waals surface area contributed by atoms with Crippen LogP contribution in [0.4, 0.5) is 4.39 Å². The van der Waals surface area contributed by atoms with Crippen LogP contribution < -0.4 is 5.32 Å². The molecule has 0 radical (unpaired) electrons. The van der Waals surface area contributed by atoms with Gasteiger partial charge in [-0.3, -0.25) is 4.79 Å². The molecule has 27 heavy (non-hydrogen) atoms. The molecule has 2 rings (SSSR count). The van der Waals surface area contributed by atoms with Crippen molar-refractivity contribution < 1.29 is 17.6 Å². The van der Waals surface area contributed by atoms with Crippen molar-refractivity contribution in [3.8, 4) is 0 Å². The minimum absolute atomic E-state index is 0.166. The fourth-order valence-corrected chi connectivity index (χ4v) is 3.76. The lowest BCUT2D eigenvalue weighted by atomic mass is 10.0. The van der Waals surface area contributed by atoms with Crippen molar-refractivity contribution in [2.75, 3.05) is 20.1 Å². The Morgan fingerprint density at radius 2 is 1.70 bits per heavy atom. The Morgan fingerprint density at radius 1 is 1.11 bits per heavy atom. The van der Waals surface area contributed by atoms with Crippen LogP contribution in [0.25, 0.3) is 0 Å². The molecule has 1 N–H and O–H groups in total. The zero-order valence-corrected chi connectivity index (χ0v) is 16.6. The highest BCUT2D eigenvalue weighted by Gasteiger charge is 2.21. The second-order valence-electron chi connectivity index (χ2n) is 6.66. The van der Waals surface area contributed by atoms with Crippen molar-refractivity contribution >= 4 is 15.9 Å². The van der Waals surface area contributed by atoms with Gasteiger partial charge in [-0.1, -0.05) is 36.8 Å². The molecule has 2 aromatic rings. The summed E-state index contributed by atoms with van der Waals surface area (Å²) < 4.78 is 39.2. The number of rotatable bonds is 8. The van der Waals surface area contributed by atoms with E-state index in [0.29, 0.717) is 6.42 Å². The predicted molar refractivity (Wildman–Crippen MR) is 103 cm³/mol. The number of hydrogen-bond acceptors (Lipinski definition) is 3. The minimum atomic E-state index is -3.58. The number of carbonyl (C=O) groups is 1. The summed E-state index contributed by atoms with van der Waals surface area (Å²) in [5.41, 5.74) is 1.86. The normalized spacial score (nSPS) is 12.8. The van der Waals surface area contributed by atoms with Gasteiger partial charge in [0, 0.05) is 26.1 Å². The summed E-state index contributed by atoms with van der Waals surface area (Å²) in [5.74, 6) is -0.774. The maximum Gasteiger partial charge on any atom is 0.242 e. The number of hydrogen-bond donors (Lipinski definition) is 1. The molecule has 5 nitrogen and oxygen atoms in total. The zero-order chi connectivity index (χ0) is 20.0. The molecule has 2 aromatic carbocycles. The van der Waals surface area contributed by atoms with Gasteiger partial charge in [-0.05, 0) is 43.2 Å². The van der Waals surface area contributed by atoms with Gasteiger partial charge in [0.25, 0.3) is 0 Å². The summed E-state index contributed by atoms with van der Waals surface area (Å²) in [4.78, 5) is 12.4. The highest BCUT2D eigenvalue weighted by Crippen LogP contribution is 2.14. The highest BCUT2D eigenvalue weighted by molar-refractivity contribution is 7.89. The Hall–Kier alpha value is -2.25. The molecule has 0 aromatic heterocycles. The lowest BCUT2D eigenvalue weighted by Gasteiger charge is -2.18. The average Bonchev–Trinajstić information content (AvgIpc) is 2.63. The van der Waals surface area contributed by atoms with Gasteiger partial charge in [0.1, 0.15) is 5.82 Å². The summed E-state index contributed by atoms with van der Waals surface area (Å²) in [6.45, 7) is 4.06. The van der Waals surface area contributed by atoms with E-state index in [1.54, 1.807) is 43.3 Å². The Labute approximate surface area is 160 Å². The molecule has 0 aliphatic heterocycles. The van der Waals surface area contributed by atoms with Crippen molar-refractivity contribution in [3.63, 3.8) is 0 Å². The molecule has 0 spiro atoms. The first kappa shape index (κ1) is 21.1. The topological polar surface area (TPSA) is 66.5 Å². The highest BCUT2D eigenvalue weighted by atomic mass is 32.2. The summed E-state index contributed by atoms with van der Waals surface area (Å²) >= 11 is 0. The largest absolute Gasteiger partial charge is 0.355 e. The van der Waals surface area contributed by atoms with Crippen LogP contribution in [-0.2, 0) is 21.2 Å². The molecule has 0 saturated carbocycles. The number of benzene rings is 2. The first-order chi connectivity index (χ1) is 12.7. The van der Waals surface area contributed by atoms with Crippen LogP contribution in [0.2, 0.25) is 0 Å². The predicted octanol–water partition coefficient (Wildman–Crippen LogP) is 2.75. The summed E-state index contributed by atoms with van der Waals surface area (Å²) in [7, 11) is -2.09. The number of halogens is 1. The van der Waals surface area contributed by atoms with E-state index in [4.69, 9.17) is 0 Å². The lowest BCUT2D eigenvalue weighted by molar-refractivity contribution is -0.124. The third-order valence-electron chi connectivity index (χ3n) is 4.36. The van der Waals surface area contributed by atoms with Crippen molar-refractivity contribution in [1.29, 1.82) is 0 Å². The SMILES string of the molecule is Cc1ccc(S(=O)(=O)N(C)CCNC(=O)C(C)Cc2ccc(F)cc2)cc1. The van der Waals surface area contributed by atoms with Gasteiger partial charge >= 0.3 is 0 Å². The van der Waals surface area contributed by atoms with Crippen LogP contribution in [0, 0.1) is 18.7 Å². The molecule has 1 atom stereocenters. The lowest BCUT2D eigenvalue weighted by Crippen LogP contribution is -2.38. The van der Waals surface area contributed by atoms with E-state index in [1.807, 2.05) is 6.92 Å². The zero-order valence-electron chi connectivity index (χ0n) is 15.8. The van der Waals surface area contributed by atoms with E-state index in [1.165, 1.54) is 23.5 Å². The molecule has 0 saturated heterocycles. The van der Waals surface area contributed by atoms with Gasteiger partial charge in [-0.25, -0.2) is 12.8 Å². The van der Waals surface area contributed by atoms with Gasteiger partial charge in [0.15, 0.2) is 0 Å². The molecule has 0 bridgehead atoms. The third kappa shape index (κ3) is 5.87. The van der Waals surface area contributed by atoms with Crippen molar-refractivity contribution in [1.82, 2.24) is 9.62 Å². The van der Waals surface area contributed by atoms with Gasteiger partial charge < -0.3 is 5.32 Å². The summed E-state index contributed by atoms with van der Waals surface area (Å²) in [5, 5.41) is 2.76. The van der Waals surface area contributed by atoms with Crippen LogP contribution in [0.3, 0.4) is 0 Å². The van der Waals surface area contributed by atoms with Crippen molar-refractivity contribution in [2.45, 2.75) is 25.2 Å². The van der Waals surface area contributed by atoms with Gasteiger partial charge in [0.2, 0.25) is 15.9 Å². The average molecular weight is 392 g/mol. The molecule has 0 aliphatic rings. The van der Waals surface area contributed by atoms with E-state index in [2.05, 4.69) is 5.32 Å². The molecule has 7 heteroatoms. The van der Waals surface area contributed by atoms with Gasteiger partial charge in [-0.15, -0.1) is 0 Å². The number of nitrogens with one attached hydrogen (secondary N) is 1. The van der Waals surface area contributed by atoms with Crippen LogP contribution >= 0.6 is 0 Å². The fourth-order valence-electron chi connectivity index (χ4n) is 2.59. The summed E-state index contributed by atoms with van der Waals surface area (Å²) in [6.07, 6.45) is 0.490. The number of nitrogens with zero attached hydrogens (tertiary/aromatic N) is 1. The monoisotopic (exact) mass is 392 g/mol. The molecule has 1 amide bonds. The van der Waals surface area contributed by atoms with E-state index in [0.717, 1.165) is 11.1 Å². The van der Waals surface area contributed by atoms with Crippen molar-refractivity contribution in [2.24, 2.45) is 5.92 Å². The van der Waals surface area contributed by atoms with Gasteiger partial charge in [-0.2, -0.15) is 4.31 Å². The third-order valence-corrected chi connectivity index (χ3v) is 6.23. The second kappa shape index (κ2) is 9.10. The molecular weight excluding hydrogens is 367 g/mol. The first-order valence-corrected chi connectivity index (χ1v) is 10.2. The van der Waals surface area contributed by atoms with Crippen LogP contribution in [0.1, 0.15) is 18.1 Å². The molecule has 0 aliphatic carbocycles. The maximum atomic E-state index is 12.9. The number of amides is 1. The Balaban J connectivity index is 1.84. The van der Waals surface area contributed by atoms with Crippen LogP contribution in [0.5, 0.6) is 0 Å². The Kier molecular flexibility index (Phi) is 7.10. The van der Waals surface area contributed by atoms with E-state index in [9.17, 15) is 17.6 Å². The molecule has 0 heterocycles. The van der Waals surface area contributed by atoms with E-state index < -0.39 is 10.0 Å². The van der Waals surface area contributed by atoms with Crippen molar-refractivity contribution in [3.05, 3.63) is 65.5 Å². The van der Waals surface area contributed by atoms with E-state index in [-0.39, 0.29) is 35.6 Å². The van der Waals surface area contributed by atoms with E-state index >= 15 is 0 Å². The molecule has 0 fully saturated rings. The molecular formula is C20H25FN2O3S. The maximum absolute atomic E-state index is 12.9. The molecule has 146 valence electrons. The van der Waals surface area contributed by atoms with Crippen LogP contribution in [-0.4, -0.2) is 38.8 Å².